The van der Waals surface area contributed by atoms with Crippen LogP contribution in [0.4, 0.5) is 0 Å². The Kier molecular flexibility index (Phi) is 5.75. The summed E-state index contributed by atoms with van der Waals surface area (Å²) < 4.78 is 30.0. The third kappa shape index (κ3) is 4.97. The van der Waals surface area contributed by atoms with Crippen molar-refractivity contribution in [3.8, 4) is 0 Å². The van der Waals surface area contributed by atoms with Crippen LogP contribution < -0.4 is 0 Å². The molecule has 3 aliphatic heterocycles. The maximum absolute atomic E-state index is 6.68. The van der Waals surface area contributed by atoms with Crippen molar-refractivity contribution in [1.29, 1.82) is 0 Å². The van der Waals surface area contributed by atoms with Crippen LogP contribution in [0.15, 0.2) is 12.2 Å². The van der Waals surface area contributed by atoms with E-state index < -0.39 is 8.32 Å². The molecule has 5 nitrogen and oxygen atoms in total. The molecule has 0 amide bonds. The van der Waals surface area contributed by atoms with Crippen LogP contribution in [0.1, 0.15) is 41.0 Å². The van der Waals surface area contributed by atoms with Gasteiger partial charge in [0, 0.05) is 11.8 Å². The highest BCUT2D eigenvalue weighted by molar-refractivity contribution is 6.74. The average molecular weight is 385 g/mol. The van der Waals surface area contributed by atoms with E-state index in [1.807, 2.05) is 6.08 Å². The summed E-state index contributed by atoms with van der Waals surface area (Å²) in [6, 6.07) is 0. The maximum atomic E-state index is 6.68. The van der Waals surface area contributed by atoms with E-state index in [9.17, 15) is 0 Å². The van der Waals surface area contributed by atoms with E-state index in [0.717, 1.165) is 13.0 Å². The predicted octanol–water partition coefficient (Wildman–Crippen LogP) is 3.89. The molecule has 0 saturated carbocycles. The zero-order chi connectivity index (χ0) is 19.2. The fourth-order valence-electron chi connectivity index (χ4n) is 3.07. The SMILES string of the molecule is CC1(C)COC(/C=C/[C@@H]2O[C@H]([C@H]3CO3)C[C@@H]2O[Si](C)(C)C(C)(C)C)OC1. The molecule has 3 aliphatic rings. The Labute approximate surface area is 159 Å². The lowest BCUT2D eigenvalue weighted by molar-refractivity contribution is -0.197. The van der Waals surface area contributed by atoms with Gasteiger partial charge >= 0.3 is 0 Å². The van der Waals surface area contributed by atoms with Crippen LogP contribution in [0.2, 0.25) is 18.1 Å². The van der Waals surface area contributed by atoms with Gasteiger partial charge in [0.15, 0.2) is 14.6 Å². The second-order valence-electron chi connectivity index (χ2n) is 10.2. The van der Waals surface area contributed by atoms with Crippen molar-refractivity contribution in [1.82, 2.24) is 0 Å². The first-order valence-corrected chi connectivity index (χ1v) is 12.7. The minimum Gasteiger partial charge on any atom is -0.411 e. The standard InChI is InChI=1S/C20H36O5Si/c1-19(2,3)26(6,7)25-16-10-15(17-11-21-17)24-14(16)8-9-18-22-12-20(4,5)13-23-18/h8-9,14-18H,10-13H2,1-7H3/b9-8+/t14-,15-,16-,17+/m0/s1. The predicted molar refractivity (Wildman–Crippen MR) is 104 cm³/mol. The van der Waals surface area contributed by atoms with Crippen LogP contribution in [0, 0.1) is 5.41 Å². The Morgan fingerprint density at radius 1 is 1.00 bits per heavy atom. The summed E-state index contributed by atoms with van der Waals surface area (Å²) in [5.41, 5.74) is 0.0799. The molecule has 150 valence electrons. The van der Waals surface area contributed by atoms with Gasteiger partial charge in [-0.2, -0.15) is 0 Å². The van der Waals surface area contributed by atoms with Crippen molar-refractivity contribution in [3.05, 3.63) is 12.2 Å². The molecule has 0 radical (unpaired) electrons. The summed E-state index contributed by atoms with van der Waals surface area (Å²) in [6.45, 7) is 17.9. The van der Waals surface area contributed by atoms with E-state index in [1.54, 1.807) is 0 Å². The van der Waals surface area contributed by atoms with E-state index in [1.165, 1.54) is 0 Å². The van der Waals surface area contributed by atoms with Crippen LogP contribution >= 0.6 is 0 Å². The van der Waals surface area contributed by atoms with Crippen molar-refractivity contribution in [2.45, 2.75) is 89.9 Å². The number of hydrogen-bond acceptors (Lipinski definition) is 5. The topological polar surface area (TPSA) is 49.5 Å². The highest BCUT2D eigenvalue weighted by atomic mass is 28.4. The molecule has 0 bridgehead atoms. The van der Waals surface area contributed by atoms with Crippen LogP contribution in [-0.4, -0.2) is 58.8 Å². The summed E-state index contributed by atoms with van der Waals surface area (Å²) in [5, 5.41) is 0.177. The molecule has 3 fully saturated rings. The molecular weight excluding hydrogens is 348 g/mol. The molecule has 3 rings (SSSR count). The van der Waals surface area contributed by atoms with Crippen molar-refractivity contribution in [2.75, 3.05) is 19.8 Å². The Bertz CT molecular complexity index is 511. The van der Waals surface area contributed by atoms with Crippen LogP contribution in [0.3, 0.4) is 0 Å². The summed E-state index contributed by atoms with van der Waals surface area (Å²) >= 11 is 0. The van der Waals surface area contributed by atoms with Gasteiger partial charge in [0.1, 0.15) is 12.2 Å². The van der Waals surface area contributed by atoms with Crippen molar-refractivity contribution < 1.29 is 23.4 Å². The van der Waals surface area contributed by atoms with Gasteiger partial charge in [-0.25, -0.2) is 0 Å². The Hall–Kier alpha value is -0.243. The second-order valence-corrected chi connectivity index (χ2v) is 15.0. The molecule has 0 N–H and O–H groups in total. The van der Waals surface area contributed by atoms with Gasteiger partial charge in [0.2, 0.25) is 0 Å². The van der Waals surface area contributed by atoms with E-state index in [4.69, 9.17) is 23.4 Å². The first-order valence-electron chi connectivity index (χ1n) is 9.83. The van der Waals surface area contributed by atoms with E-state index in [2.05, 4.69) is 53.8 Å². The van der Waals surface area contributed by atoms with Crippen LogP contribution in [-0.2, 0) is 23.4 Å². The summed E-state index contributed by atoms with van der Waals surface area (Å²) in [7, 11) is -1.86. The summed E-state index contributed by atoms with van der Waals surface area (Å²) in [5.74, 6) is 0. The van der Waals surface area contributed by atoms with E-state index >= 15 is 0 Å². The van der Waals surface area contributed by atoms with Crippen LogP contribution in [0.25, 0.3) is 0 Å². The molecule has 0 unspecified atom stereocenters. The molecule has 0 spiro atoms. The fourth-order valence-corrected chi connectivity index (χ4v) is 4.41. The van der Waals surface area contributed by atoms with Gasteiger partial charge in [-0.3, -0.25) is 0 Å². The molecule has 0 aromatic heterocycles. The summed E-state index contributed by atoms with van der Waals surface area (Å²) in [6.07, 6.45) is 5.03. The highest BCUT2D eigenvalue weighted by Gasteiger charge is 2.48. The first-order chi connectivity index (χ1) is 12.0. The smallest absolute Gasteiger partial charge is 0.192 e. The summed E-state index contributed by atoms with van der Waals surface area (Å²) in [4.78, 5) is 0. The van der Waals surface area contributed by atoms with Crippen molar-refractivity contribution >= 4 is 8.32 Å². The zero-order valence-electron chi connectivity index (χ0n) is 17.4. The van der Waals surface area contributed by atoms with Crippen molar-refractivity contribution in [2.24, 2.45) is 5.41 Å². The molecule has 0 aliphatic carbocycles. The first kappa shape index (κ1) is 20.5. The molecule has 4 atom stereocenters. The number of epoxide rings is 1. The van der Waals surface area contributed by atoms with Gasteiger partial charge < -0.3 is 23.4 Å². The second kappa shape index (κ2) is 7.30. The third-order valence-corrected chi connectivity index (χ3v) is 10.4. The molecule has 3 saturated heterocycles. The monoisotopic (exact) mass is 384 g/mol. The lowest BCUT2D eigenvalue weighted by atomic mass is 9.96. The van der Waals surface area contributed by atoms with Gasteiger partial charge in [-0.05, 0) is 24.2 Å². The number of rotatable bonds is 5. The molecular formula is C20H36O5Si. The molecule has 0 aromatic rings. The minimum absolute atomic E-state index is 0.0690. The number of hydrogen-bond donors (Lipinski definition) is 0. The third-order valence-electron chi connectivity index (χ3n) is 5.92. The number of ether oxygens (including phenoxy) is 4. The molecule has 26 heavy (non-hydrogen) atoms. The zero-order valence-corrected chi connectivity index (χ0v) is 18.4. The van der Waals surface area contributed by atoms with Gasteiger partial charge in [-0.1, -0.05) is 40.7 Å². The van der Waals surface area contributed by atoms with E-state index in [-0.39, 0.29) is 41.2 Å². The fraction of sp³-hybridized carbons (Fsp3) is 0.900. The lowest BCUT2D eigenvalue weighted by Crippen LogP contribution is -2.45. The Morgan fingerprint density at radius 2 is 1.62 bits per heavy atom. The maximum Gasteiger partial charge on any atom is 0.192 e. The molecule has 3 heterocycles. The lowest BCUT2D eigenvalue weighted by Gasteiger charge is -2.39. The van der Waals surface area contributed by atoms with E-state index in [0.29, 0.717) is 13.2 Å². The Morgan fingerprint density at radius 3 is 2.15 bits per heavy atom. The van der Waals surface area contributed by atoms with Gasteiger partial charge in [-0.15, -0.1) is 0 Å². The van der Waals surface area contributed by atoms with Crippen LogP contribution in [0.5, 0.6) is 0 Å². The van der Waals surface area contributed by atoms with Gasteiger partial charge in [0.25, 0.3) is 0 Å². The largest absolute Gasteiger partial charge is 0.411 e. The average Bonchev–Trinajstić information content (AvgIpc) is 3.28. The van der Waals surface area contributed by atoms with Gasteiger partial charge in [0.05, 0.1) is 32.0 Å². The molecule has 6 heteroatoms. The molecule has 0 aromatic carbocycles. The minimum atomic E-state index is -1.86. The highest BCUT2D eigenvalue weighted by Crippen LogP contribution is 2.41. The quantitative estimate of drug-likeness (QED) is 0.409. The normalized spacial score (nSPS) is 36.0. The Balaban J connectivity index is 1.63. The van der Waals surface area contributed by atoms with Crippen molar-refractivity contribution in [3.63, 3.8) is 0 Å².